The van der Waals surface area contributed by atoms with Gasteiger partial charge in [-0.2, -0.15) is 0 Å². The molecule has 0 aromatic heterocycles. The van der Waals surface area contributed by atoms with Gasteiger partial charge >= 0.3 is 0 Å². The van der Waals surface area contributed by atoms with Gasteiger partial charge in [-0.25, -0.2) is 0 Å². The number of carbonyl (C=O) groups excluding carboxylic acids is 1. The molecule has 0 radical (unpaired) electrons. The molecule has 0 saturated heterocycles. The molecular formula is C15H28O2. The number of hydrogen-bond acceptors (Lipinski definition) is 2. The summed E-state index contributed by atoms with van der Waals surface area (Å²) in [5, 5.41) is 9.31. The van der Waals surface area contributed by atoms with Gasteiger partial charge in [0.25, 0.3) is 0 Å². The molecule has 1 N–H and O–H groups in total. The molecule has 2 heteroatoms. The standard InChI is InChI=1S/C9H10O2.3C2H6/c1-6-3-8(5-10)4-7(2)9(6)11;3*1-2/h3-5,11H,1-2H3;3*1-2H3. The summed E-state index contributed by atoms with van der Waals surface area (Å²) in [6.07, 6.45) is 0.777. The van der Waals surface area contributed by atoms with Crippen LogP contribution in [0.15, 0.2) is 12.1 Å². The van der Waals surface area contributed by atoms with Crippen molar-refractivity contribution in [3.8, 4) is 5.75 Å². The first kappa shape index (κ1) is 21.0. The van der Waals surface area contributed by atoms with Crippen molar-refractivity contribution in [2.45, 2.75) is 55.4 Å². The first-order valence-electron chi connectivity index (χ1n) is 6.40. The van der Waals surface area contributed by atoms with Crippen LogP contribution in [0.5, 0.6) is 5.75 Å². The molecule has 0 atom stereocenters. The molecule has 17 heavy (non-hydrogen) atoms. The Morgan fingerprint density at radius 2 is 1.18 bits per heavy atom. The third kappa shape index (κ3) is 8.49. The van der Waals surface area contributed by atoms with E-state index in [9.17, 15) is 9.90 Å². The smallest absolute Gasteiger partial charge is 0.150 e. The summed E-state index contributed by atoms with van der Waals surface area (Å²) >= 11 is 0. The van der Waals surface area contributed by atoms with Crippen LogP contribution in [0.4, 0.5) is 0 Å². The Kier molecular flexibility index (Phi) is 18.2. The van der Waals surface area contributed by atoms with Gasteiger partial charge in [0.05, 0.1) is 0 Å². The Hall–Kier alpha value is -1.31. The number of aldehydes is 1. The second-order valence-electron chi connectivity index (χ2n) is 2.62. The fourth-order valence-electron chi connectivity index (χ4n) is 1.06. The second kappa shape index (κ2) is 14.7. The minimum atomic E-state index is 0.274. The fourth-order valence-corrected chi connectivity index (χ4v) is 1.06. The van der Waals surface area contributed by atoms with Crippen molar-refractivity contribution in [3.05, 3.63) is 28.8 Å². The first-order chi connectivity index (χ1) is 8.15. The van der Waals surface area contributed by atoms with Crippen LogP contribution in [0.1, 0.15) is 63.0 Å². The molecular weight excluding hydrogens is 212 g/mol. The van der Waals surface area contributed by atoms with Crippen LogP contribution < -0.4 is 0 Å². The number of aromatic hydroxyl groups is 1. The summed E-state index contributed by atoms with van der Waals surface area (Å²) in [5.74, 6) is 0.274. The topological polar surface area (TPSA) is 37.3 Å². The molecule has 100 valence electrons. The second-order valence-corrected chi connectivity index (χ2v) is 2.62. The van der Waals surface area contributed by atoms with E-state index in [4.69, 9.17) is 0 Å². The van der Waals surface area contributed by atoms with E-state index in [-0.39, 0.29) is 5.75 Å². The number of hydrogen-bond donors (Lipinski definition) is 1. The van der Waals surface area contributed by atoms with Gasteiger partial charge in [-0.3, -0.25) is 4.79 Å². The minimum absolute atomic E-state index is 0.274. The van der Waals surface area contributed by atoms with Crippen LogP contribution >= 0.6 is 0 Å². The van der Waals surface area contributed by atoms with E-state index >= 15 is 0 Å². The van der Waals surface area contributed by atoms with Crippen LogP contribution in [-0.2, 0) is 0 Å². The molecule has 0 spiro atoms. The van der Waals surface area contributed by atoms with E-state index in [0.29, 0.717) is 5.56 Å². The predicted octanol–water partition coefficient (Wildman–Crippen LogP) is 4.90. The van der Waals surface area contributed by atoms with Crippen molar-refractivity contribution >= 4 is 6.29 Å². The quantitative estimate of drug-likeness (QED) is 0.709. The molecule has 0 fully saturated rings. The van der Waals surface area contributed by atoms with Crippen molar-refractivity contribution in [1.29, 1.82) is 0 Å². The monoisotopic (exact) mass is 240 g/mol. The van der Waals surface area contributed by atoms with Crippen molar-refractivity contribution < 1.29 is 9.90 Å². The molecule has 0 amide bonds. The molecule has 0 aliphatic carbocycles. The van der Waals surface area contributed by atoms with Gasteiger partial charge in [0.15, 0.2) is 0 Å². The maximum Gasteiger partial charge on any atom is 0.150 e. The normalized spacial score (nSPS) is 7.29. The first-order valence-corrected chi connectivity index (χ1v) is 6.40. The van der Waals surface area contributed by atoms with Gasteiger partial charge < -0.3 is 5.11 Å². The molecule has 0 bridgehead atoms. The number of phenols is 1. The lowest BCUT2D eigenvalue weighted by Crippen LogP contribution is -1.85. The van der Waals surface area contributed by atoms with Gasteiger partial charge in [-0.1, -0.05) is 41.5 Å². The molecule has 0 unspecified atom stereocenters. The molecule has 1 aromatic rings. The highest BCUT2D eigenvalue weighted by Crippen LogP contribution is 2.21. The number of aryl methyl sites for hydroxylation is 2. The van der Waals surface area contributed by atoms with Crippen molar-refractivity contribution in [2.75, 3.05) is 0 Å². The van der Waals surface area contributed by atoms with Crippen molar-refractivity contribution in [2.24, 2.45) is 0 Å². The van der Waals surface area contributed by atoms with Gasteiger partial charge in [0.2, 0.25) is 0 Å². The summed E-state index contributed by atoms with van der Waals surface area (Å²) in [5.41, 5.74) is 2.09. The molecule has 0 aliphatic heterocycles. The highest BCUT2D eigenvalue weighted by atomic mass is 16.3. The SMILES string of the molecule is CC.CC.CC.Cc1cc(C=O)cc(C)c1O. The van der Waals surface area contributed by atoms with E-state index in [0.717, 1.165) is 17.4 Å². The summed E-state index contributed by atoms with van der Waals surface area (Å²) in [7, 11) is 0. The van der Waals surface area contributed by atoms with Crippen LogP contribution in [0.2, 0.25) is 0 Å². The zero-order valence-corrected chi connectivity index (χ0v) is 12.6. The number of benzene rings is 1. The van der Waals surface area contributed by atoms with Crippen molar-refractivity contribution in [3.63, 3.8) is 0 Å². The van der Waals surface area contributed by atoms with Gasteiger partial charge in [-0.05, 0) is 37.1 Å². The van der Waals surface area contributed by atoms with Crippen LogP contribution in [0, 0.1) is 13.8 Å². The Morgan fingerprint density at radius 3 is 1.41 bits per heavy atom. The van der Waals surface area contributed by atoms with E-state index in [2.05, 4.69) is 0 Å². The molecule has 0 aliphatic rings. The maximum absolute atomic E-state index is 10.3. The highest BCUT2D eigenvalue weighted by molar-refractivity contribution is 5.76. The third-order valence-electron chi connectivity index (χ3n) is 1.65. The predicted molar refractivity (Wildman–Crippen MR) is 77.0 cm³/mol. The molecule has 0 saturated carbocycles. The molecule has 1 rings (SSSR count). The van der Waals surface area contributed by atoms with Crippen LogP contribution in [0.3, 0.4) is 0 Å². The molecule has 1 aromatic carbocycles. The molecule has 2 nitrogen and oxygen atoms in total. The Morgan fingerprint density at radius 1 is 0.882 bits per heavy atom. The fraction of sp³-hybridized carbons (Fsp3) is 0.533. The van der Waals surface area contributed by atoms with Gasteiger partial charge in [-0.15, -0.1) is 0 Å². The lowest BCUT2D eigenvalue weighted by atomic mass is 10.1. The highest BCUT2D eigenvalue weighted by Gasteiger charge is 2.01. The minimum Gasteiger partial charge on any atom is -0.507 e. The lowest BCUT2D eigenvalue weighted by molar-refractivity contribution is 0.112. The van der Waals surface area contributed by atoms with Crippen molar-refractivity contribution in [1.82, 2.24) is 0 Å². The molecule has 0 heterocycles. The lowest BCUT2D eigenvalue weighted by Gasteiger charge is -2.02. The summed E-state index contributed by atoms with van der Waals surface area (Å²) in [6.45, 7) is 15.5. The third-order valence-corrected chi connectivity index (χ3v) is 1.65. The van der Waals surface area contributed by atoms with E-state index in [1.807, 2.05) is 41.5 Å². The van der Waals surface area contributed by atoms with E-state index < -0.39 is 0 Å². The number of rotatable bonds is 1. The average Bonchev–Trinajstić information content (AvgIpc) is 2.42. The summed E-state index contributed by atoms with van der Waals surface area (Å²) in [6, 6.07) is 3.32. The Bertz CT molecular complexity index is 268. The zero-order chi connectivity index (χ0) is 14.4. The van der Waals surface area contributed by atoms with E-state index in [1.54, 1.807) is 26.0 Å². The average molecular weight is 240 g/mol. The van der Waals surface area contributed by atoms with Crippen LogP contribution in [-0.4, -0.2) is 11.4 Å². The summed E-state index contributed by atoms with van der Waals surface area (Å²) in [4.78, 5) is 10.3. The van der Waals surface area contributed by atoms with Gasteiger partial charge in [0, 0.05) is 5.56 Å². The number of carbonyl (C=O) groups is 1. The van der Waals surface area contributed by atoms with Gasteiger partial charge in [0.1, 0.15) is 12.0 Å². The largest absolute Gasteiger partial charge is 0.507 e. The Labute approximate surface area is 107 Å². The van der Waals surface area contributed by atoms with Crippen LogP contribution in [0.25, 0.3) is 0 Å². The Balaban J connectivity index is -0.000000285. The zero-order valence-electron chi connectivity index (χ0n) is 12.6. The van der Waals surface area contributed by atoms with E-state index in [1.165, 1.54) is 0 Å². The summed E-state index contributed by atoms with van der Waals surface area (Å²) < 4.78 is 0. The number of phenolic OH excluding ortho intramolecular Hbond substituents is 1. The maximum atomic E-state index is 10.3.